The molecule has 0 aliphatic heterocycles. The molecule has 0 spiro atoms. The van der Waals surface area contributed by atoms with E-state index >= 15 is 0 Å². The van der Waals surface area contributed by atoms with E-state index in [9.17, 15) is 17.6 Å². The van der Waals surface area contributed by atoms with Gasteiger partial charge < -0.3 is 0 Å². The van der Waals surface area contributed by atoms with E-state index in [1.807, 2.05) is 0 Å². The Morgan fingerprint density at radius 1 is 0.500 bits per heavy atom. The van der Waals surface area contributed by atoms with Gasteiger partial charge in [0, 0.05) is 0 Å². The van der Waals surface area contributed by atoms with Crippen molar-refractivity contribution in [1.29, 1.82) is 0 Å². The monoisotopic (exact) mass is 132 g/mol. The van der Waals surface area contributed by atoms with Crippen LogP contribution in [-0.2, 0) is 0 Å². The maximum absolute atomic E-state index is 10.3. The average molecular weight is 132 g/mol. The van der Waals surface area contributed by atoms with Gasteiger partial charge in [0.05, 0.1) is 0 Å². The molecule has 0 aromatic carbocycles. The predicted octanol–water partition coefficient (Wildman–Crippen LogP) is 1.85. The van der Waals surface area contributed by atoms with Crippen molar-refractivity contribution in [2.45, 2.75) is 0 Å². The van der Waals surface area contributed by atoms with Crippen LogP contribution in [0.25, 0.3) is 0 Å². The zero-order valence-electron chi connectivity index (χ0n) is 4.34. The Morgan fingerprint density at radius 2 is 0.625 bits per heavy atom. The standard InChI is InChI=1S/2C2H4F2/c2*3-1-2-4/h2*1-2H2. The molecule has 0 amide bonds. The molecule has 0 saturated carbocycles. The Morgan fingerprint density at radius 3 is 0.625 bits per heavy atom. The largest absolute Gasteiger partial charge is 0.248 e. The molecule has 8 heavy (non-hydrogen) atoms. The third-order valence-corrected chi connectivity index (χ3v) is 0.143. The molecule has 0 bridgehead atoms. The minimum Gasteiger partial charge on any atom is -0.248 e. The molecule has 0 aliphatic carbocycles. The first kappa shape index (κ1) is 10.7. The molecule has 0 unspecified atom stereocenters. The van der Waals surface area contributed by atoms with Crippen molar-refractivity contribution in [3.05, 3.63) is 0 Å². The van der Waals surface area contributed by atoms with Crippen LogP contribution in [0.2, 0.25) is 0 Å². The Bertz CT molecular complexity index is 16.0. The van der Waals surface area contributed by atoms with Gasteiger partial charge in [-0.25, -0.2) is 17.6 Å². The molecule has 0 fully saturated rings. The van der Waals surface area contributed by atoms with Crippen LogP contribution in [0.3, 0.4) is 0 Å². The van der Waals surface area contributed by atoms with E-state index in [0.717, 1.165) is 0 Å². The van der Waals surface area contributed by atoms with Gasteiger partial charge in [-0.3, -0.25) is 0 Å². The van der Waals surface area contributed by atoms with Crippen molar-refractivity contribution in [2.24, 2.45) is 0 Å². The average Bonchev–Trinajstić information content (AvgIpc) is 1.88. The van der Waals surface area contributed by atoms with E-state index in [4.69, 9.17) is 0 Å². The summed E-state index contributed by atoms with van der Waals surface area (Å²) in [5.41, 5.74) is 0. The van der Waals surface area contributed by atoms with Gasteiger partial charge in [0.25, 0.3) is 0 Å². The quantitative estimate of drug-likeness (QED) is 0.503. The third-order valence-electron chi connectivity index (χ3n) is 0.143. The third kappa shape index (κ3) is 43.1. The molecule has 4 heteroatoms. The Balaban J connectivity index is 0. The summed E-state index contributed by atoms with van der Waals surface area (Å²) < 4.78 is 41.4. The van der Waals surface area contributed by atoms with Gasteiger partial charge in [-0.2, -0.15) is 0 Å². The van der Waals surface area contributed by atoms with Gasteiger partial charge in [0.2, 0.25) is 0 Å². The van der Waals surface area contributed by atoms with Gasteiger partial charge in [0.1, 0.15) is 26.7 Å². The van der Waals surface area contributed by atoms with Gasteiger partial charge in [-0.05, 0) is 0 Å². The Hall–Kier alpha value is -0.280. The molecule has 0 aliphatic rings. The highest BCUT2D eigenvalue weighted by Crippen LogP contribution is 1.63. The summed E-state index contributed by atoms with van der Waals surface area (Å²) in [6.07, 6.45) is 0. The lowest BCUT2D eigenvalue weighted by atomic mass is 10.9. The molecular formula is C4H8F4. The van der Waals surface area contributed by atoms with Crippen LogP contribution in [0.1, 0.15) is 0 Å². The van der Waals surface area contributed by atoms with Crippen molar-refractivity contribution >= 4 is 0 Å². The SMILES string of the molecule is FCCF.FCCF. The zero-order valence-corrected chi connectivity index (χ0v) is 4.34. The molecule has 52 valence electrons. The van der Waals surface area contributed by atoms with Crippen LogP contribution in [-0.4, -0.2) is 26.7 Å². The highest BCUT2D eigenvalue weighted by Gasteiger charge is 1.65. The maximum Gasteiger partial charge on any atom is 0.118 e. The van der Waals surface area contributed by atoms with Crippen LogP contribution in [0.4, 0.5) is 17.6 Å². The second-order valence-corrected chi connectivity index (χ2v) is 0.756. The molecular weight excluding hydrogens is 124 g/mol. The van der Waals surface area contributed by atoms with E-state index in [0.29, 0.717) is 0 Å². The minimum absolute atomic E-state index is 0.847. The molecule has 0 heterocycles. The van der Waals surface area contributed by atoms with Gasteiger partial charge in [-0.1, -0.05) is 0 Å². The van der Waals surface area contributed by atoms with E-state index in [1.54, 1.807) is 0 Å². The number of hydrogen-bond acceptors (Lipinski definition) is 0. The summed E-state index contributed by atoms with van der Waals surface area (Å²) in [6, 6.07) is 0. The fourth-order valence-electron chi connectivity index (χ4n) is 0. The lowest BCUT2D eigenvalue weighted by Crippen LogP contribution is -1.68. The minimum atomic E-state index is -0.847. The first-order chi connectivity index (χ1) is 3.83. The van der Waals surface area contributed by atoms with E-state index < -0.39 is 26.7 Å². The van der Waals surface area contributed by atoms with E-state index in [-0.39, 0.29) is 0 Å². The Labute approximate surface area is 45.5 Å². The molecule has 0 nitrogen and oxygen atoms in total. The van der Waals surface area contributed by atoms with Crippen molar-refractivity contribution in [1.82, 2.24) is 0 Å². The summed E-state index contributed by atoms with van der Waals surface area (Å²) in [4.78, 5) is 0. The molecule has 0 saturated heterocycles. The van der Waals surface area contributed by atoms with Crippen LogP contribution < -0.4 is 0 Å². The normalized spacial score (nSPS) is 7.50. The molecule has 0 aromatic heterocycles. The summed E-state index contributed by atoms with van der Waals surface area (Å²) in [5.74, 6) is 0. The van der Waals surface area contributed by atoms with Crippen molar-refractivity contribution in [2.75, 3.05) is 26.7 Å². The number of halogens is 4. The van der Waals surface area contributed by atoms with Gasteiger partial charge >= 0.3 is 0 Å². The van der Waals surface area contributed by atoms with Crippen LogP contribution >= 0.6 is 0 Å². The van der Waals surface area contributed by atoms with Gasteiger partial charge in [-0.15, -0.1) is 0 Å². The van der Waals surface area contributed by atoms with Crippen LogP contribution in [0.15, 0.2) is 0 Å². The second kappa shape index (κ2) is 15.9. The second-order valence-electron chi connectivity index (χ2n) is 0.756. The lowest BCUT2D eigenvalue weighted by Gasteiger charge is -1.61. The van der Waals surface area contributed by atoms with Crippen LogP contribution in [0, 0.1) is 0 Å². The fraction of sp³-hybridized carbons (Fsp3) is 1.00. The predicted molar refractivity (Wildman–Crippen MR) is 23.9 cm³/mol. The highest BCUT2D eigenvalue weighted by atomic mass is 19.2. The summed E-state index contributed by atoms with van der Waals surface area (Å²) in [7, 11) is 0. The molecule has 0 atom stereocenters. The number of rotatable bonds is 2. The van der Waals surface area contributed by atoms with Crippen molar-refractivity contribution < 1.29 is 17.6 Å². The van der Waals surface area contributed by atoms with Gasteiger partial charge in [0.15, 0.2) is 0 Å². The maximum atomic E-state index is 10.3. The van der Waals surface area contributed by atoms with E-state index in [1.165, 1.54) is 0 Å². The summed E-state index contributed by atoms with van der Waals surface area (Å²) in [5, 5.41) is 0. The lowest BCUT2D eigenvalue weighted by molar-refractivity contribution is 0.380. The molecule has 0 aromatic rings. The molecule has 0 rings (SSSR count). The first-order valence-electron chi connectivity index (χ1n) is 2.07. The molecule has 0 N–H and O–H groups in total. The first-order valence-corrected chi connectivity index (χ1v) is 2.07. The van der Waals surface area contributed by atoms with Crippen molar-refractivity contribution in [3.8, 4) is 0 Å². The van der Waals surface area contributed by atoms with E-state index in [2.05, 4.69) is 0 Å². The Kier molecular flexibility index (Phi) is 21.2. The summed E-state index contributed by atoms with van der Waals surface area (Å²) >= 11 is 0. The smallest absolute Gasteiger partial charge is 0.118 e. The number of hydrogen-bond donors (Lipinski definition) is 0. The zero-order chi connectivity index (χ0) is 6.83. The van der Waals surface area contributed by atoms with Crippen molar-refractivity contribution in [3.63, 3.8) is 0 Å². The highest BCUT2D eigenvalue weighted by molar-refractivity contribution is 4.09. The van der Waals surface area contributed by atoms with Crippen LogP contribution in [0.5, 0.6) is 0 Å². The summed E-state index contributed by atoms with van der Waals surface area (Å²) in [6.45, 7) is -3.39. The molecule has 0 radical (unpaired) electrons. The topological polar surface area (TPSA) is 0 Å². The number of alkyl halides is 4. The fourth-order valence-corrected chi connectivity index (χ4v) is 0.